The fourth-order valence-electron chi connectivity index (χ4n) is 23.4. The van der Waals surface area contributed by atoms with Crippen molar-refractivity contribution in [2.24, 2.45) is 0 Å². The molecule has 646 valence electrons. The van der Waals surface area contributed by atoms with Crippen LogP contribution in [-0.2, 0) is 21.7 Å². The highest BCUT2D eigenvalue weighted by Gasteiger charge is 2.42. The lowest BCUT2D eigenvalue weighted by Crippen LogP contribution is -2.18. The molecule has 27 rings (SSSR count). The first kappa shape index (κ1) is 80.5. The Kier molecular flexibility index (Phi) is 18.1. The molecular formula is C132H96N2O2. The zero-order valence-corrected chi connectivity index (χ0v) is 77.3. The van der Waals surface area contributed by atoms with Crippen molar-refractivity contribution in [2.45, 2.75) is 77.0 Å². The van der Waals surface area contributed by atoms with Crippen LogP contribution in [0.2, 0.25) is 0 Å². The second-order valence-corrected chi connectivity index (χ2v) is 39.8. The third-order valence-electron chi connectivity index (χ3n) is 30.7. The minimum Gasteiger partial charge on any atom is -0.456 e. The highest BCUT2D eigenvalue weighted by molar-refractivity contribution is 6.14. The van der Waals surface area contributed by atoms with Crippen molar-refractivity contribution in [1.82, 2.24) is 0 Å². The zero-order chi connectivity index (χ0) is 91.2. The second-order valence-electron chi connectivity index (χ2n) is 39.8. The van der Waals surface area contributed by atoms with Crippen molar-refractivity contribution in [1.29, 1.82) is 0 Å². The van der Waals surface area contributed by atoms with Crippen LogP contribution in [0.15, 0.2) is 446 Å². The van der Waals surface area contributed by atoms with Crippen molar-refractivity contribution in [3.05, 3.63) is 481 Å². The van der Waals surface area contributed by atoms with Crippen molar-refractivity contribution in [3.63, 3.8) is 0 Å². The molecule has 4 heteroatoms. The second kappa shape index (κ2) is 30.6. The van der Waals surface area contributed by atoms with Gasteiger partial charge in [0.25, 0.3) is 0 Å². The zero-order valence-electron chi connectivity index (χ0n) is 77.3. The Morgan fingerprint density at radius 2 is 0.412 bits per heavy atom. The number of nitrogens with zero attached hydrogens (tertiary/aromatic N) is 2. The summed E-state index contributed by atoms with van der Waals surface area (Å²) in [5.41, 5.74) is 45.4. The normalized spacial score (nSPS) is 14.0. The predicted octanol–water partition coefficient (Wildman–Crippen LogP) is 36.8. The Balaban J connectivity index is 0.000000141. The number of para-hydroxylation sites is 2. The van der Waals surface area contributed by atoms with E-state index in [0.29, 0.717) is 0 Å². The van der Waals surface area contributed by atoms with Gasteiger partial charge in [0, 0.05) is 77.3 Å². The number of hydrogen-bond donors (Lipinski definition) is 0. The van der Waals surface area contributed by atoms with Gasteiger partial charge >= 0.3 is 0 Å². The number of furan rings is 2. The van der Waals surface area contributed by atoms with Gasteiger partial charge < -0.3 is 18.6 Å². The third kappa shape index (κ3) is 12.8. The summed E-state index contributed by atoms with van der Waals surface area (Å²) < 4.78 is 12.7. The Labute approximate surface area is 793 Å². The van der Waals surface area contributed by atoms with Gasteiger partial charge in [-0.05, 0) is 334 Å². The maximum absolute atomic E-state index is 6.34. The van der Waals surface area contributed by atoms with E-state index in [1.165, 1.54) is 177 Å². The summed E-state index contributed by atoms with van der Waals surface area (Å²) in [7, 11) is 0. The maximum atomic E-state index is 6.34. The molecule has 4 aliphatic rings. The Hall–Kier alpha value is -16.4. The van der Waals surface area contributed by atoms with Crippen LogP contribution in [0.5, 0.6) is 0 Å². The first-order chi connectivity index (χ1) is 66.4. The largest absolute Gasteiger partial charge is 0.456 e. The number of anilines is 6. The van der Waals surface area contributed by atoms with E-state index >= 15 is 0 Å². The van der Waals surface area contributed by atoms with E-state index in [1.807, 2.05) is 24.3 Å². The predicted molar refractivity (Wildman–Crippen MR) is 572 cm³/mol. The number of fused-ring (bicyclic) bond motifs is 22. The minimum absolute atomic E-state index is 0.189. The van der Waals surface area contributed by atoms with Gasteiger partial charge in [-0.2, -0.15) is 0 Å². The van der Waals surface area contributed by atoms with Gasteiger partial charge in [-0.25, -0.2) is 0 Å². The molecule has 4 nitrogen and oxygen atoms in total. The van der Waals surface area contributed by atoms with Crippen LogP contribution in [0.25, 0.3) is 187 Å². The molecule has 0 saturated heterocycles. The maximum Gasteiger partial charge on any atom is 0.136 e. The SMILES string of the molecule is CC1(C)c2cc(-c3ccccc3)ccc2-c2ccc(N(c3ccc(-c4cc5ccccc5c5ccccc45)cc3)c3ccc4c(c3)C(C)(C)c3cc(-c5ccc6c(c5)oc5ccccc56)ccc3-4)cc21.CC1(C)c2cc(-c3ccccc3)ccc2-c2ccc(N(c3ccc(-c4ccc5ccccc5c4)cc3)c3ccc4c(c3)C(C)(C)c3cc(-c5ccc6c(c5)oc5ccccc56)ccc3-4)cc21. The average Bonchev–Trinajstić information content (AvgIpc) is 1.58. The Morgan fingerprint density at radius 1 is 0.147 bits per heavy atom. The quantitative estimate of drug-likeness (QED) is 0.114. The molecule has 0 atom stereocenters. The summed E-state index contributed by atoms with van der Waals surface area (Å²) in [6.45, 7) is 19.1. The molecule has 4 aliphatic carbocycles. The molecule has 2 heterocycles. The molecule has 2 aromatic heterocycles. The van der Waals surface area contributed by atoms with Crippen LogP contribution in [0, 0.1) is 0 Å². The van der Waals surface area contributed by atoms with E-state index in [2.05, 4.69) is 478 Å². The molecule has 0 N–H and O–H groups in total. The van der Waals surface area contributed by atoms with Gasteiger partial charge in [0.1, 0.15) is 22.3 Å². The summed E-state index contributed by atoms with van der Waals surface area (Å²) in [6, 6.07) is 162. The van der Waals surface area contributed by atoms with Crippen LogP contribution in [0.1, 0.15) is 99.9 Å². The fourth-order valence-corrected chi connectivity index (χ4v) is 23.4. The van der Waals surface area contributed by atoms with E-state index in [1.54, 1.807) is 0 Å². The number of rotatable bonds is 12. The minimum atomic E-state index is -0.245. The van der Waals surface area contributed by atoms with Crippen LogP contribution in [-0.4, -0.2) is 0 Å². The molecule has 23 aromatic rings. The number of hydrogen-bond acceptors (Lipinski definition) is 4. The van der Waals surface area contributed by atoms with Crippen LogP contribution < -0.4 is 9.80 Å². The van der Waals surface area contributed by atoms with Crippen molar-refractivity contribution >= 4 is 110 Å². The van der Waals surface area contributed by atoms with E-state index in [4.69, 9.17) is 8.83 Å². The van der Waals surface area contributed by atoms with Gasteiger partial charge in [0.05, 0.1) is 0 Å². The molecule has 0 radical (unpaired) electrons. The van der Waals surface area contributed by atoms with E-state index in [9.17, 15) is 0 Å². The average molecular weight is 1740 g/mol. The lowest BCUT2D eigenvalue weighted by Gasteiger charge is -2.30. The van der Waals surface area contributed by atoms with Crippen LogP contribution in [0.4, 0.5) is 34.1 Å². The molecule has 0 aliphatic heterocycles. The summed E-state index contributed by atoms with van der Waals surface area (Å²) >= 11 is 0. The van der Waals surface area contributed by atoms with Crippen LogP contribution >= 0.6 is 0 Å². The first-order valence-electron chi connectivity index (χ1n) is 47.7. The van der Waals surface area contributed by atoms with Crippen molar-refractivity contribution in [2.75, 3.05) is 9.80 Å². The lowest BCUT2D eigenvalue weighted by molar-refractivity contribution is 0.660. The Morgan fingerprint density at radius 3 is 0.824 bits per heavy atom. The van der Waals surface area contributed by atoms with Gasteiger partial charge in [0.15, 0.2) is 0 Å². The van der Waals surface area contributed by atoms with Crippen molar-refractivity contribution in [3.8, 4) is 111 Å². The summed E-state index contributed by atoms with van der Waals surface area (Å²) in [5, 5.41) is 12.2. The van der Waals surface area contributed by atoms with Crippen molar-refractivity contribution < 1.29 is 8.83 Å². The highest BCUT2D eigenvalue weighted by atomic mass is 16.3. The number of benzene rings is 21. The summed E-state index contributed by atoms with van der Waals surface area (Å²) in [6.07, 6.45) is 0. The molecule has 0 fully saturated rings. The molecule has 0 spiro atoms. The standard InChI is InChI=1S/C68H49NO.C64H47NO/c1-67(2)61-37-44(42-14-6-5-7-15-42)24-31-54(61)56-34-29-49(40-63(56)67)69(48-27-22-43(23-28-48)60-36-47-16-8-9-17-51(47)52-18-10-11-19-53(52)60)50-30-35-57-55-32-25-45(38-62(55)68(3,4)64(57)41-50)46-26-33-59-58-20-12-13-21-65(58)70-66(59)39-46;1-63(2)57-35-45(40-12-6-5-7-13-40)22-29-51(57)53-32-27-49(38-59(53)63)65(48-25-20-42(21-26-48)44-19-18-41-14-8-9-15-43(41)34-44)50-28-33-54-52-30-23-46(36-58(52)64(3,4)60(54)39-50)47-24-31-56-55-16-10-11-17-61(55)66-62(56)37-47/h5-41H,1-4H3;5-39H,1-4H3. The van der Waals surface area contributed by atoms with Gasteiger partial charge in [-0.3, -0.25) is 0 Å². The molecule has 21 aromatic carbocycles. The summed E-state index contributed by atoms with van der Waals surface area (Å²) in [5.74, 6) is 0. The molecule has 0 unspecified atom stereocenters. The van der Waals surface area contributed by atoms with E-state index < -0.39 is 0 Å². The van der Waals surface area contributed by atoms with Gasteiger partial charge in [-0.1, -0.05) is 347 Å². The first-order valence-corrected chi connectivity index (χ1v) is 47.7. The topological polar surface area (TPSA) is 32.8 Å². The smallest absolute Gasteiger partial charge is 0.136 e. The van der Waals surface area contributed by atoms with Gasteiger partial charge in [0.2, 0.25) is 0 Å². The Bertz CT molecular complexity index is 8900. The summed E-state index contributed by atoms with van der Waals surface area (Å²) in [4.78, 5) is 4.94. The van der Waals surface area contributed by atoms with Crippen LogP contribution in [0.3, 0.4) is 0 Å². The van der Waals surface area contributed by atoms with E-state index in [0.717, 1.165) is 89.1 Å². The van der Waals surface area contributed by atoms with E-state index in [-0.39, 0.29) is 21.7 Å². The highest BCUT2D eigenvalue weighted by Crippen LogP contribution is 2.59. The van der Waals surface area contributed by atoms with Gasteiger partial charge in [-0.15, -0.1) is 0 Å². The fraction of sp³-hybridized carbons (Fsp3) is 0.0909. The monoisotopic (exact) mass is 1740 g/mol. The molecule has 0 amide bonds. The molecular weight excluding hydrogens is 1650 g/mol. The molecule has 0 saturated carbocycles. The molecule has 136 heavy (non-hydrogen) atoms. The lowest BCUT2D eigenvalue weighted by atomic mass is 9.81. The third-order valence-corrected chi connectivity index (χ3v) is 30.7. The molecule has 0 bridgehead atoms.